The third kappa shape index (κ3) is 1.77. The minimum absolute atomic E-state index is 0.00245. The second kappa shape index (κ2) is 3.80. The summed E-state index contributed by atoms with van der Waals surface area (Å²) >= 11 is 0. The highest BCUT2D eigenvalue weighted by molar-refractivity contribution is 5.88. The monoisotopic (exact) mass is 168 g/mol. The molecule has 5 nitrogen and oxygen atoms in total. The molecule has 0 atom stereocenters. The Morgan fingerprint density at radius 2 is 2.50 bits per heavy atom. The van der Waals surface area contributed by atoms with Crippen molar-refractivity contribution in [3.05, 3.63) is 29.6 Å². The van der Waals surface area contributed by atoms with E-state index in [0.717, 1.165) is 0 Å². The predicted octanol–water partition coefficient (Wildman–Crippen LogP) is 0.170. The first-order valence-electron chi connectivity index (χ1n) is 3.24. The maximum absolute atomic E-state index is 10.6. The molecule has 64 valence electrons. The van der Waals surface area contributed by atoms with Gasteiger partial charge in [0.2, 0.25) is 0 Å². The molecule has 0 amide bonds. The van der Waals surface area contributed by atoms with Crippen LogP contribution >= 0.6 is 0 Å². The lowest BCUT2D eigenvalue weighted by Gasteiger charge is -2.01. The standard InChI is InChI=1S/C7H8N2O3/c8-12-4-6-5(7(10)11)2-1-3-9-6/h1-3H,4,8H2,(H,10,11). The van der Waals surface area contributed by atoms with Crippen molar-refractivity contribution in [2.24, 2.45) is 5.90 Å². The zero-order valence-corrected chi connectivity index (χ0v) is 6.23. The average molecular weight is 168 g/mol. The number of carbonyl (C=O) groups is 1. The van der Waals surface area contributed by atoms with Gasteiger partial charge in [0.25, 0.3) is 0 Å². The second-order valence-electron chi connectivity index (χ2n) is 2.11. The fraction of sp³-hybridized carbons (Fsp3) is 0.143. The van der Waals surface area contributed by atoms with Crippen molar-refractivity contribution >= 4 is 5.97 Å². The molecule has 0 saturated heterocycles. The Hall–Kier alpha value is -1.46. The van der Waals surface area contributed by atoms with Crippen molar-refractivity contribution in [1.29, 1.82) is 0 Å². The molecule has 12 heavy (non-hydrogen) atoms. The molecule has 0 radical (unpaired) electrons. The highest BCUT2D eigenvalue weighted by Gasteiger charge is 2.09. The van der Waals surface area contributed by atoms with Gasteiger partial charge in [-0.2, -0.15) is 0 Å². The normalized spacial score (nSPS) is 9.75. The predicted molar refractivity (Wildman–Crippen MR) is 40.2 cm³/mol. The van der Waals surface area contributed by atoms with Crippen molar-refractivity contribution in [1.82, 2.24) is 4.98 Å². The molecule has 1 aromatic rings. The van der Waals surface area contributed by atoms with E-state index in [0.29, 0.717) is 5.69 Å². The van der Waals surface area contributed by atoms with E-state index < -0.39 is 5.97 Å². The number of nitrogens with zero attached hydrogens (tertiary/aromatic N) is 1. The van der Waals surface area contributed by atoms with Gasteiger partial charge in [0.15, 0.2) is 0 Å². The van der Waals surface area contributed by atoms with E-state index >= 15 is 0 Å². The molecule has 0 aliphatic carbocycles. The Morgan fingerprint density at radius 1 is 1.75 bits per heavy atom. The Labute approximate surface area is 68.7 Å². The van der Waals surface area contributed by atoms with Crippen LogP contribution in [-0.4, -0.2) is 16.1 Å². The first kappa shape index (κ1) is 8.63. The van der Waals surface area contributed by atoms with Crippen LogP contribution in [-0.2, 0) is 11.4 Å². The average Bonchev–Trinajstić information content (AvgIpc) is 2.05. The number of nitrogens with two attached hydrogens (primary N) is 1. The van der Waals surface area contributed by atoms with E-state index in [-0.39, 0.29) is 12.2 Å². The molecular weight excluding hydrogens is 160 g/mol. The van der Waals surface area contributed by atoms with Gasteiger partial charge < -0.3 is 5.11 Å². The lowest BCUT2D eigenvalue weighted by Crippen LogP contribution is -2.08. The van der Waals surface area contributed by atoms with E-state index in [1.807, 2.05) is 0 Å². The summed E-state index contributed by atoms with van der Waals surface area (Å²) in [7, 11) is 0. The van der Waals surface area contributed by atoms with Gasteiger partial charge in [0.05, 0.1) is 11.3 Å². The number of aromatic carboxylic acids is 1. The van der Waals surface area contributed by atoms with Crippen LogP contribution in [0.15, 0.2) is 18.3 Å². The number of carboxylic acids is 1. The van der Waals surface area contributed by atoms with Gasteiger partial charge in [0.1, 0.15) is 6.61 Å². The summed E-state index contributed by atoms with van der Waals surface area (Å²) in [5, 5.41) is 8.66. The van der Waals surface area contributed by atoms with Crippen molar-refractivity contribution in [2.45, 2.75) is 6.61 Å². The van der Waals surface area contributed by atoms with E-state index in [4.69, 9.17) is 11.0 Å². The third-order valence-electron chi connectivity index (χ3n) is 1.34. The quantitative estimate of drug-likeness (QED) is 0.628. The van der Waals surface area contributed by atoms with Crippen LogP contribution in [0.25, 0.3) is 0 Å². The number of rotatable bonds is 3. The zero-order valence-electron chi connectivity index (χ0n) is 6.23. The summed E-state index contributed by atoms with van der Waals surface area (Å²) in [6.07, 6.45) is 1.49. The molecule has 0 spiro atoms. The van der Waals surface area contributed by atoms with Gasteiger partial charge in [-0.05, 0) is 12.1 Å². The molecular formula is C7H8N2O3. The summed E-state index contributed by atoms with van der Waals surface area (Å²) < 4.78 is 0. The lowest BCUT2D eigenvalue weighted by atomic mass is 10.2. The maximum atomic E-state index is 10.6. The van der Waals surface area contributed by atoms with Crippen LogP contribution in [0.5, 0.6) is 0 Å². The lowest BCUT2D eigenvalue weighted by molar-refractivity contribution is 0.0686. The molecule has 3 N–H and O–H groups in total. The number of hydrogen-bond acceptors (Lipinski definition) is 4. The summed E-state index contributed by atoms with van der Waals surface area (Å²) in [5.74, 6) is 3.76. The molecule has 1 aromatic heterocycles. The first-order valence-corrected chi connectivity index (χ1v) is 3.24. The maximum Gasteiger partial charge on any atom is 0.337 e. The largest absolute Gasteiger partial charge is 0.478 e. The fourth-order valence-electron chi connectivity index (χ4n) is 0.827. The highest BCUT2D eigenvalue weighted by atomic mass is 16.6. The fourth-order valence-corrected chi connectivity index (χ4v) is 0.827. The Morgan fingerprint density at radius 3 is 3.08 bits per heavy atom. The van der Waals surface area contributed by atoms with E-state index in [9.17, 15) is 4.79 Å². The Bertz CT molecular complexity index is 288. The summed E-state index contributed by atoms with van der Waals surface area (Å²) in [6.45, 7) is 0.00245. The molecule has 0 saturated carbocycles. The molecule has 0 unspecified atom stereocenters. The van der Waals surface area contributed by atoms with Crippen LogP contribution < -0.4 is 5.90 Å². The Balaban J connectivity index is 3.00. The highest BCUT2D eigenvalue weighted by Crippen LogP contribution is 2.05. The van der Waals surface area contributed by atoms with Crippen LogP contribution in [0.3, 0.4) is 0 Å². The van der Waals surface area contributed by atoms with Crippen molar-refractivity contribution in [3.8, 4) is 0 Å². The molecule has 5 heteroatoms. The minimum Gasteiger partial charge on any atom is -0.478 e. The topological polar surface area (TPSA) is 85.4 Å². The molecule has 1 heterocycles. The van der Waals surface area contributed by atoms with Gasteiger partial charge in [0, 0.05) is 6.20 Å². The second-order valence-corrected chi connectivity index (χ2v) is 2.11. The van der Waals surface area contributed by atoms with Gasteiger partial charge in [-0.25, -0.2) is 10.7 Å². The molecule has 0 aliphatic heterocycles. The Kier molecular flexibility index (Phi) is 2.73. The summed E-state index contributed by atoms with van der Waals surface area (Å²) in [4.78, 5) is 18.7. The summed E-state index contributed by atoms with van der Waals surface area (Å²) in [5.41, 5.74) is 0.440. The molecule has 1 rings (SSSR count). The van der Waals surface area contributed by atoms with Crippen molar-refractivity contribution in [3.63, 3.8) is 0 Å². The number of carboxylic acid groups (broad SMARTS) is 1. The smallest absolute Gasteiger partial charge is 0.337 e. The SMILES string of the molecule is NOCc1ncccc1C(=O)O. The van der Waals surface area contributed by atoms with Crippen LogP contribution in [0.2, 0.25) is 0 Å². The van der Waals surface area contributed by atoms with Gasteiger partial charge in [-0.1, -0.05) is 0 Å². The van der Waals surface area contributed by atoms with Crippen molar-refractivity contribution < 1.29 is 14.7 Å². The minimum atomic E-state index is -1.03. The molecule has 0 aliphatic rings. The van der Waals surface area contributed by atoms with Crippen LogP contribution in [0.1, 0.15) is 16.1 Å². The van der Waals surface area contributed by atoms with E-state index in [1.165, 1.54) is 12.3 Å². The van der Waals surface area contributed by atoms with Crippen LogP contribution in [0.4, 0.5) is 0 Å². The van der Waals surface area contributed by atoms with Crippen molar-refractivity contribution in [2.75, 3.05) is 0 Å². The summed E-state index contributed by atoms with van der Waals surface area (Å²) in [6, 6.07) is 2.99. The van der Waals surface area contributed by atoms with Crippen LogP contribution in [0, 0.1) is 0 Å². The number of aromatic nitrogens is 1. The molecule has 0 aromatic carbocycles. The molecule has 0 fully saturated rings. The van der Waals surface area contributed by atoms with E-state index in [2.05, 4.69) is 9.82 Å². The number of pyridine rings is 1. The van der Waals surface area contributed by atoms with Gasteiger partial charge in [-0.3, -0.25) is 9.82 Å². The van der Waals surface area contributed by atoms with Gasteiger partial charge in [-0.15, -0.1) is 0 Å². The van der Waals surface area contributed by atoms with E-state index in [1.54, 1.807) is 6.07 Å². The first-order chi connectivity index (χ1) is 5.75. The molecule has 0 bridgehead atoms. The van der Waals surface area contributed by atoms with Gasteiger partial charge >= 0.3 is 5.97 Å². The number of hydrogen-bond donors (Lipinski definition) is 2. The zero-order chi connectivity index (χ0) is 8.97. The third-order valence-corrected chi connectivity index (χ3v) is 1.34.